The SMILES string of the molecule is COC(=O)c1cn2c(c(OCc3ccccc3)c1=O)C(=O)N1CCCOC1[C@@H]2C(c1ccccc1)c1ccccc1. The Kier molecular flexibility index (Phi) is 7.39. The first-order valence-corrected chi connectivity index (χ1v) is 13.6. The number of methoxy groups -OCH3 is 1. The number of benzene rings is 3. The van der Waals surface area contributed by atoms with Gasteiger partial charge in [-0.25, -0.2) is 4.79 Å². The largest absolute Gasteiger partial charge is 0.483 e. The van der Waals surface area contributed by atoms with E-state index in [4.69, 9.17) is 14.2 Å². The normalized spacial score (nSPS) is 18.0. The van der Waals surface area contributed by atoms with Crippen molar-refractivity contribution in [3.63, 3.8) is 0 Å². The van der Waals surface area contributed by atoms with Crippen molar-refractivity contribution in [2.45, 2.75) is 31.2 Å². The molecule has 8 nitrogen and oxygen atoms in total. The molecule has 8 heteroatoms. The lowest BCUT2D eigenvalue weighted by molar-refractivity contribution is -0.114. The maximum atomic E-state index is 14.1. The number of carbonyl (C=O) groups is 2. The van der Waals surface area contributed by atoms with E-state index in [0.717, 1.165) is 16.7 Å². The van der Waals surface area contributed by atoms with Crippen LogP contribution in [0, 0.1) is 0 Å². The highest BCUT2D eigenvalue weighted by Gasteiger charge is 2.48. The van der Waals surface area contributed by atoms with Crippen LogP contribution >= 0.6 is 0 Å². The Morgan fingerprint density at radius 2 is 1.54 bits per heavy atom. The maximum absolute atomic E-state index is 14.1. The fourth-order valence-electron chi connectivity index (χ4n) is 5.83. The van der Waals surface area contributed by atoms with Gasteiger partial charge in [-0.15, -0.1) is 0 Å². The summed E-state index contributed by atoms with van der Waals surface area (Å²) in [7, 11) is 1.22. The van der Waals surface area contributed by atoms with E-state index in [-0.39, 0.29) is 35.4 Å². The van der Waals surface area contributed by atoms with E-state index in [1.54, 1.807) is 9.47 Å². The van der Waals surface area contributed by atoms with Crippen LogP contribution in [0.1, 0.15) is 55.9 Å². The van der Waals surface area contributed by atoms with Crippen molar-refractivity contribution in [2.75, 3.05) is 20.3 Å². The van der Waals surface area contributed by atoms with E-state index in [1.807, 2.05) is 91.0 Å². The summed E-state index contributed by atoms with van der Waals surface area (Å²) in [5.74, 6) is -1.63. The summed E-state index contributed by atoms with van der Waals surface area (Å²) in [6, 6.07) is 28.8. The van der Waals surface area contributed by atoms with Crippen molar-refractivity contribution in [1.29, 1.82) is 0 Å². The third-order valence-electron chi connectivity index (χ3n) is 7.70. The molecule has 0 N–H and O–H groups in total. The van der Waals surface area contributed by atoms with Crippen LogP contribution in [0.5, 0.6) is 5.75 Å². The van der Waals surface area contributed by atoms with E-state index in [0.29, 0.717) is 19.6 Å². The lowest BCUT2D eigenvalue weighted by Gasteiger charge is -2.48. The molecule has 0 aliphatic carbocycles. The van der Waals surface area contributed by atoms with Gasteiger partial charge in [-0.3, -0.25) is 9.59 Å². The molecule has 2 atom stereocenters. The second-order valence-electron chi connectivity index (χ2n) is 10.1. The van der Waals surface area contributed by atoms with Crippen LogP contribution in [-0.4, -0.2) is 47.8 Å². The molecule has 2 aliphatic heterocycles. The quantitative estimate of drug-likeness (QED) is 0.308. The molecule has 208 valence electrons. The van der Waals surface area contributed by atoms with Crippen molar-refractivity contribution >= 4 is 11.9 Å². The van der Waals surface area contributed by atoms with Crippen molar-refractivity contribution in [1.82, 2.24) is 9.47 Å². The number of carbonyl (C=O) groups excluding carboxylic acids is 2. The van der Waals surface area contributed by atoms with Crippen molar-refractivity contribution in [3.8, 4) is 5.75 Å². The maximum Gasteiger partial charge on any atom is 0.343 e. The lowest BCUT2D eigenvalue weighted by Crippen LogP contribution is -2.57. The minimum absolute atomic E-state index is 0.0480. The molecule has 3 heterocycles. The molecular formula is C33H30N2O6. The van der Waals surface area contributed by atoms with Gasteiger partial charge < -0.3 is 23.7 Å². The average Bonchev–Trinajstić information content (AvgIpc) is 3.03. The molecule has 4 aromatic rings. The molecule has 1 amide bonds. The van der Waals surface area contributed by atoms with Gasteiger partial charge in [0.05, 0.1) is 19.8 Å². The van der Waals surface area contributed by atoms with Crippen LogP contribution < -0.4 is 10.2 Å². The zero-order chi connectivity index (χ0) is 28.3. The summed E-state index contributed by atoms with van der Waals surface area (Å²) in [6.45, 7) is 1.01. The standard InChI is InChI=1S/C33H30N2O6/c1-39-33(38)25-20-35-27(26(23-14-7-3-8-15-23)24-16-9-4-10-17-24)32-34(18-11-19-40-32)31(37)28(35)30(29(25)36)41-21-22-12-5-2-6-13-22/h2-10,12-17,20,26-27,32H,11,18-19,21H2,1H3/t27-,32?/m0/s1. The van der Waals surface area contributed by atoms with Crippen molar-refractivity contribution in [2.24, 2.45) is 0 Å². The number of fused-ring (bicyclic) bond motifs is 2. The number of nitrogens with zero attached hydrogens (tertiary/aromatic N) is 2. The molecule has 6 rings (SSSR count). The van der Waals surface area contributed by atoms with Gasteiger partial charge in [0, 0.05) is 18.7 Å². The molecule has 1 saturated heterocycles. The number of esters is 1. The number of hydrogen-bond acceptors (Lipinski definition) is 6. The Labute approximate surface area is 237 Å². The zero-order valence-corrected chi connectivity index (χ0v) is 22.6. The Morgan fingerprint density at radius 3 is 2.15 bits per heavy atom. The molecule has 2 aliphatic rings. The van der Waals surface area contributed by atoms with Gasteiger partial charge in [-0.2, -0.15) is 0 Å². The fourth-order valence-corrected chi connectivity index (χ4v) is 5.83. The van der Waals surface area contributed by atoms with Gasteiger partial charge in [0.1, 0.15) is 12.2 Å². The smallest absolute Gasteiger partial charge is 0.343 e. The van der Waals surface area contributed by atoms with E-state index in [1.165, 1.54) is 13.3 Å². The van der Waals surface area contributed by atoms with Gasteiger partial charge >= 0.3 is 5.97 Å². The minimum atomic E-state index is -0.802. The molecule has 41 heavy (non-hydrogen) atoms. The van der Waals surface area contributed by atoms with Gasteiger partial charge in [-0.05, 0) is 23.1 Å². The van der Waals surface area contributed by atoms with E-state index in [2.05, 4.69) is 0 Å². The number of pyridine rings is 1. The van der Waals surface area contributed by atoms with Crippen LogP contribution in [0.15, 0.2) is 102 Å². The van der Waals surface area contributed by atoms with Crippen LogP contribution in [0.25, 0.3) is 0 Å². The van der Waals surface area contributed by atoms with E-state index < -0.39 is 23.7 Å². The summed E-state index contributed by atoms with van der Waals surface area (Å²) >= 11 is 0. The van der Waals surface area contributed by atoms with Crippen molar-refractivity contribution in [3.05, 3.63) is 135 Å². The monoisotopic (exact) mass is 550 g/mol. The first-order valence-electron chi connectivity index (χ1n) is 13.6. The fraction of sp³-hybridized carbons (Fsp3) is 0.242. The highest BCUT2D eigenvalue weighted by atomic mass is 16.5. The lowest BCUT2D eigenvalue weighted by atomic mass is 9.82. The molecule has 0 spiro atoms. The first-order chi connectivity index (χ1) is 20.1. The van der Waals surface area contributed by atoms with E-state index >= 15 is 0 Å². The Balaban J connectivity index is 1.61. The van der Waals surface area contributed by atoms with Crippen LogP contribution in [0.3, 0.4) is 0 Å². The van der Waals surface area contributed by atoms with Gasteiger partial charge in [0.25, 0.3) is 5.91 Å². The van der Waals surface area contributed by atoms with Crippen molar-refractivity contribution < 1.29 is 23.8 Å². The van der Waals surface area contributed by atoms with Gasteiger partial charge in [0.2, 0.25) is 5.43 Å². The number of rotatable bonds is 7. The number of aromatic nitrogens is 1. The highest BCUT2D eigenvalue weighted by Crippen LogP contribution is 2.44. The van der Waals surface area contributed by atoms with Gasteiger partial charge in [0.15, 0.2) is 17.7 Å². The molecule has 1 fully saturated rings. The zero-order valence-electron chi connectivity index (χ0n) is 22.6. The Morgan fingerprint density at radius 1 is 0.927 bits per heavy atom. The summed E-state index contributed by atoms with van der Waals surface area (Å²) in [6.07, 6.45) is 1.47. The summed E-state index contributed by atoms with van der Waals surface area (Å²) in [4.78, 5) is 42.5. The molecule has 3 aromatic carbocycles. The summed E-state index contributed by atoms with van der Waals surface area (Å²) < 4.78 is 19.1. The highest BCUT2D eigenvalue weighted by molar-refractivity contribution is 5.98. The van der Waals surface area contributed by atoms with E-state index in [9.17, 15) is 14.4 Å². The average molecular weight is 551 g/mol. The topological polar surface area (TPSA) is 87.1 Å². The second kappa shape index (κ2) is 11.4. The number of amides is 1. The first kappa shape index (κ1) is 26.5. The summed E-state index contributed by atoms with van der Waals surface area (Å²) in [5, 5.41) is 0. The number of hydrogen-bond donors (Lipinski definition) is 0. The molecule has 1 aromatic heterocycles. The van der Waals surface area contributed by atoms with Crippen LogP contribution in [0.4, 0.5) is 0 Å². The van der Waals surface area contributed by atoms with Crippen LogP contribution in [-0.2, 0) is 16.1 Å². The molecule has 0 radical (unpaired) electrons. The van der Waals surface area contributed by atoms with Gasteiger partial charge in [-0.1, -0.05) is 91.0 Å². The molecule has 1 unspecified atom stereocenters. The Hall–Kier alpha value is -4.69. The Bertz CT molecular complexity index is 1560. The number of ether oxygens (including phenoxy) is 3. The molecule has 0 saturated carbocycles. The molecule has 0 bridgehead atoms. The van der Waals surface area contributed by atoms with Crippen LogP contribution in [0.2, 0.25) is 0 Å². The third kappa shape index (κ3) is 4.91. The predicted octanol–water partition coefficient (Wildman–Crippen LogP) is 4.79. The molecular weight excluding hydrogens is 520 g/mol. The second-order valence-corrected chi connectivity index (χ2v) is 10.1. The summed E-state index contributed by atoms with van der Waals surface area (Å²) in [5.41, 5.74) is 2.04. The minimum Gasteiger partial charge on any atom is -0.483 e. The third-order valence-corrected chi connectivity index (χ3v) is 7.70. The predicted molar refractivity (Wildman–Crippen MR) is 152 cm³/mol.